The fourth-order valence-corrected chi connectivity index (χ4v) is 5.00. The summed E-state index contributed by atoms with van der Waals surface area (Å²) in [4.78, 5) is 47.1. The summed E-state index contributed by atoms with van der Waals surface area (Å²) in [5.74, 6) is 0.511. The normalized spacial score (nSPS) is 18.4. The Kier molecular flexibility index (Phi) is 5.91. The molecule has 1 fully saturated rings. The van der Waals surface area contributed by atoms with Gasteiger partial charge >= 0.3 is 6.03 Å². The van der Waals surface area contributed by atoms with Gasteiger partial charge in [0.25, 0.3) is 11.8 Å². The van der Waals surface area contributed by atoms with Gasteiger partial charge < -0.3 is 29.6 Å². The van der Waals surface area contributed by atoms with Crippen molar-refractivity contribution in [2.45, 2.75) is 12.1 Å². The van der Waals surface area contributed by atoms with Crippen molar-refractivity contribution in [2.75, 3.05) is 38.7 Å². The Morgan fingerprint density at radius 3 is 2.79 bits per heavy atom. The van der Waals surface area contributed by atoms with Crippen LogP contribution < -0.4 is 25.6 Å². The van der Waals surface area contributed by atoms with Crippen molar-refractivity contribution in [3.05, 3.63) is 65.7 Å². The van der Waals surface area contributed by atoms with Gasteiger partial charge in [-0.3, -0.25) is 20.0 Å². The molecule has 4 amide bonds. The Balaban J connectivity index is 1.36. The average Bonchev–Trinajstić information content (AvgIpc) is 3.72. The van der Waals surface area contributed by atoms with Crippen LogP contribution in [0.1, 0.15) is 21.7 Å². The van der Waals surface area contributed by atoms with E-state index in [1.807, 2.05) is 24.1 Å². The van der Waals surface area contributed by atoms with Crippen molar-refractivity contribution < 1.29 is 23.5 Å². The lowest BCUT2D eigenvalue weighted by Crippen LogP contribution is -2.52. The first-order chi connectivity index (χ1) is 18.9. The zero-order chi connectivity index (χ0) is 27.1. The lowest BCUT2D eigenvalue weighted by molar-refractivity contribution is -0.125. The van der Waals surface area contributed by atoms with Gasteiger partial charge in [0.2, 0.25) is 0 Å². The molecule has 200 valence electrons. The van der Waals surface area contributed by atoms with Crippen LogP contribution in [0.15, 0.2) is 53.2 Å². The topological polar surface area (TPSA) is 158 Å². The van der Waals surface area contributed by atoms with E-state index < -0.39 is 17.5 Å². The lowest BCUT2D eigenvalue weighted by atomic mass is 9.95. The van der Waals surface area contributed by atoms with Gasteiger partial charge in [0.15, 0.2) is 11.1 Å². The summed E-state index contributed by atoms with van der Waals surface area (Å²) < 4.78 is 11.4. The molecule has 1 aromatic carbocycles. The number of urea groups is 1. The number of fused-ring (bicyclic) bond motifs is 2. The van der Waals surface area contributed by atoms with Gasteiger partial charge in [-0.25, -0.2) is 9.78 Å². The summed E-state index contributed by atoms with van der Waals surface area (Å²) >= 11 is 0. The zero-order valence-electron chi connectivity index (χ0n) is 21.3. The van der Waals surface area contributed by atoms with Crippen molar-refractivity contribution in [1.29, 1.82) is 0 Å². The number of anilines is 2. The van der Waals surface area contributed by atoms with Crippen LogP contribution in [0.5, 0.6) is 5.75 Å². The standard InChI is InChI=1S/C26H26N8O5/c1-27-7-8-34(16-11-28-29-12-16)22-6-5-20-19(30-22)10-21(39-20)26(24(36)31-25(37)32-26)14-33-13-15-3-4-17(38-2)9-18(15)23(33)35/h3-6,9-12,27H,7-8,13-14H2,1-2H3,(H,28,29)(H2,31,32,36,37)/t26-/m0/s1. The second-order valence-corrected chi connectivity index (χ2v) is 9.37. The van der Waals surface area contributed by atoms with Crippen molar-refractivity contribution in [3.8, 4) is 5.75 Å². The fraction of sp³-hybridized carbons (Fsp3) is 0.269. The number of amides is 4. The number of aromatic amines is 1. The number of furan rings is 1. The molecule has 3 aromatic heterocycles. The summed E-state index contributed by atoms with van der Waals surface area (Å²) in [6.45, 7) is 1.48. The molecule has 4 aromatic rings. The number of rotatable bonds is 9. The molecule has 0 unspecified atom stereocenters. The van der Waals surface area contributed by atoms with Crippen molar-refractivity contribution in [1.82, 2.24) is 36.0 Å². The van der Waals surface area contributed by atoms with E-state index in [1.165, 1.54) is 12.0 Å². The number of nitrogens with zero attached hydrogens (tertiary/aromatic N) is 4. The van der Waals surface area contributed by atoms with E-state index in [4.69, 9.17) is 14.1 Å². The molecule has 1 atom stereocenters. The highest BCUT2D eigenvalue weighted by molar-refractivity contribution is 6.08. The Bertz CT molecular complexity index is 1580. The van der Waals surface area contributed by atoms with Gasteiger partial charge in [0.05, 0.1) is 25.5 Å². The van der Waals surface area contributed by atoms with Gasteiger partial charge in [-0.2, -0.15) is 5.10 Å². The van der Waals surface area contributed by atoms with Crippen LogP contribution in [0.25, 0.3) is 11.1 Å². The first kappa shape index (κ1) is 24.4. The largest absolute Gasteiger partial charge is 0.497 e. The predicted molar refractivity (Wildman–Crippen MR) is 140 cm³/mol. The van der Waals surface area contributed by atoms with Gasteiger partial charge in [-0.15, -0.1) is 0 Å². The van der Waals surface area contributed by atoms with E-state index >= 15 is 0 Å². The maximum atomic E-state index is 13.3. The van der Waals surface area contributed by atoms with Crippen LogP contribution in [0.3, 0.4) is 0 Å². The van der Waals surface area contributed by atoms with Crippen LogP contribution in [-0.4, -0.2) is 71.7 Å². The van der Waals surface area contributed by atoms with E-state index in [0.717, 1.165) is 11.3 Å². The fourth-order valence-electron chi connectivity index (χ4n) is 5.00. The maximum absolute atomic E-state index is 13.3. The SMILES string of the molecule is CNCCN(c1cn[nH]c1)c1ccc2oc([C@]3(CN4Cc5ccc(OC)cc5C4=O)NC(=O)NC3=O)cc2n1. The smallest absolute Gasteiger partial charge is 0.322 e. The molecule has 1 saturated heterocycles. The zero-order valence-corrected chi connectivity index (χ0v) is 21.3. The Hall–Kier alpha value is -4.91. The quantitative estimate of drug-likeness (QED) is 0.236. The monoisotopic (exact) mass is 530 g/mol. The number of nitrogens with one attached hydrogen (secondary N) is 4. The lowest BCUT2D eigenvalue weighted by Gasteiger charge is -2.28. The molecular formula is C26H26N8O5. The van der Waals surface area contributed by atoms with E-state index in [9.17, 15) is 14.4 Å². The number of hydrogen-bond donors (Lipinski definition) is 4. The number of benzene rings is 1. The number of hydrogen-bond acceptors (Lipinski definition) is 9. The van der Waals surface area contributed by atoms with Crippen LogP contribution in [0.4, 0.5) is 16.3 Å². The summed E-state index contributed by atoms with van der Waals surface area (Å²) in [7, 11) is 3.40. The van der Waals surface area contributed by atoms with Crippen molar-refractivity contribution in [3.63, 3.8) is 0 Å². The number of carbonyl (C=O) groups is 3. The average molecular weight is 531 g/mol. The molecule has 4 N–H and O–H groups in total. The number of likely N-dealkylation sites (N-methyl/N-ethyl adjacent to an activating group) is 1. The van der Waals surface area contributed by atoms with E-state index in [2.05, 4.69) is 26.1 Å². The second kappa shape index (κ2) is 9.44. The molecule has 13 heteroatoms. The summed E-state index contributed by atoms with van der Waals surface area (Å²) in [5.41, 5.74) is 1.43. The molecule has 0 radical (unpaired) electrons. The summed E-state index contributed by atoms with van der Waals surface area (Å²) in [6, 6.07) is 9.81. The molecule has 0 spiro atoms. The molecule has 2 aliphatic heterocycles. The second-order valence-electron chi connectivity index (χ2n) is 9.37. The van der Waals surface area contributed by atoms with Crippen LogP contribution in [-0.2, 0) is 16.9 Å². The molecular weight excluding hydrogens is 504 g/mol. The van der Waals surface area contributed by atoms with Crippen LogP contribution >= 0.6 is 0 Å². The van der Waals surface area contributed by atoms with E-state index in [1.54, 1.807) is 36.7 Å². The Morgan fingerprint density at radius 1 is 1.21 bits per heavy atom. The van der Waals surface area contributed by atoms with Crippen LogP contribution in [0, 0.1) is 0 Å². The molecule has 39 heavy (non-hydrogen) atoms. The molecule has 5 heterocycles. The Labute approximate surface area is 222 Å². The minimum Gasteiger partial charge on any atom is -0.497 e. The van der Waals surface area contributed by atoms with Gasteiger partial charge in [-0.1, -0.05) is 6.07 Å². The third-order valence-corrected chi connectivity index (χ3v) is 7.00. The molecule has 6 rings (SSSR count). The molecule has 2 aliphatic rings. The molecule has 0 bridgehead atoms. The number of aromatic nitrogens is 3. The van der Waals surface area contributed by atoms with E-state index in [0.29, 0.717) is 41.3 Å². The van der Waals surface area contributed by atoms with Gasteiger partial charge in [0, 0.05) is 37.5 Å². The Morgan fingerprint density at radius 2 is 2.08 bits per heavy atom. The highest BCUT2D eigenvalue weighted by Gasteiger charge is 2.53. The number of ether oxygens (including phenoxy) is 1. The minimum absolute atomic E-state index is 0.129. The first-order valence-corrected chi connectivity index (χ1v) is 12.3. The molecule has 13 nitrogen and oxygen atoms in total. The predicted octanol–water partition coefficient (Wildman–Crippen LogP) is 1.61. The van der Waals surface area contributed by atoms with Crippen molar-refractivity contribution in [2.24, 2.45) is 0 Å². The maximum Gasteiger partial charge on any atom is 0.322 e. The van der Waals surface area contributed by atoms with Crippen LogP contribution in [0.2, 0.25) is 0 Å². The number of pyridine rings is 1. The van der Waals surface area contributed by atoms with E-state index in [-0.39, 0.29) is 24.8 Å². The number of methoxy groups -OCH3 is 1. The van der Waals surface area contributed by atoms with Gasteiger partial charge in [0.1, 0.15) is 22.8 Å². The van der Waals surface area contributed by atoms with Crippen molar-refractivity contribution >= 4 is 40.5 Å². The summed E-state index contributed by atoms with van der Waals surface area (Å²) in [5, 5.41) is 15.0. The third kappa shape index (κ3) is 4.12. The highest BCUT2D eigenvalue weighted by Crippen LogP contribution is 2.35. The highest BCUT2D eigenvalue weighted by atomic mass is 16.5. The number of carbonyl (C=O) groups excluding carboxylic acids is 3. The molecule has 0 saturated carbocycles. The first-order valence-electron chi connectivity index (χ1n) is 12.3. The number of imide groups is 1. The van der Waals surface area contributed by atoms with Gasteiger partial charge in [-0.05, 0) is 36.9 Å². The third-order valence-electron chi connectivity index (χ3n) is 7.00. The number of H-pyrrole nitrogens is 1. The summed E-state index contributed by atoms with van der Waals surface area (Å²) in [6.07, 6.45) is 3.48. The molecule has 0 aliphatic carbocycles. The minimum atomic E-state index is -1.63.